The molecule has 0 fully saturated rings. The lowest BCUT2D eigenvalue weighted by Gasteiger charge is -2.32. The summed E-state index contributed by atoms with van der Waals surface area (Å²) in [6, 6.07) is 20.5. The number of benzene rings is 3. The number of nitrogens with zero attached hydrogens (tertiary/aromatic N) is 1. The predicted molar refractivity (Wildman–Crippen MR) is 136 cm³/mol. The van der Waals surface area contributed by atoms with Crippen LogP contribution in [0.2, 0.25) is 0 Å². The SMILES string of the molecule is Cc1cc(C)cc(OCC(=O)N(Cc2ccc(F)cc2)C(Cc2ccccc2)C(=O)NC(C)C)c1. The van der Waals surface area contributed by atoms with Gasteiger partial charge in [0.05, 0.1) is 0 Å². The molecule has 5 nitrogen and oxygen atoms in total. The summed E-state index contributed by atoms with van der Waals surface area (Å²) in [5.74, 6) is -0.328. The Balaban J connectivity index is 1.91. The molecule has 0 radical (unpaired) electrons. The zero-order valence-electron chi connectivity index (χ0n) is 20.8. The molecular formula is C29H33FN2O3. The van der Waals surface area contributed by atoms with Crippen LogP contribution in [0, 0.1) is 19.7 Å². The molecule has 3 aromatic carbocycles. The zero-order valence-corrected chi connectivity index (χ0v) is 20.8. The van der Waals surface area contributed by atoms with E-state index in [1.165, 1.54) is 17.0 Å². The fourth-order valence-electron chi connectivity index (χ4n) is 3.97. The monoisotopic (exact) mass is 476 g/mol. The van der Waals surface area contributed by atoms with Gasteiger partial charge in [0.15, 0.2) is 6.61 Å². The molecule has 2 amide bonds. The van der Waals surface area contributed by atoms with Gasteiger partial charge in [-0.2, -0.15) is 0 Å². The van der Waals surface area contributed by atoms with Crippen molar-refractivity contribution in [3.63, 3.8) is 0 Å². The number of aryl methyl sites for hydroxylation is 2. The highest BCUT2D eigenvalue weighted by Crippen LogP contribution is 2.19. The molecule has 0 bridgehead atoms. The number of nitrogens with one attached hydrogen (secondary N) is 1. The molecule has 0 aliphatic heterocycles. The van der Waals surface area contributed by atoms with E-state index in [0.29, 0.717) is 12.2 Å². The number of carbonyl (C=O) groups is 2. The van der Waals surface area contributed by atoms with E-state index in [4.69, 9.17) is 4.74 Å². The van der Waals surface area contributed by atoms with Crippen LogP contribution in [0.5, 0.6) is 5.75 Å². The number of rotatable bonds is 10. The fraction of sp³-hybridized carbons (Fsp3) is 0.310. The molecule has 1 unspecified atom stereocenters. The molecule has 3 rings (SSSR count). The first-order valence-electron chi connectivity index (χ1n) is 11.8. The molecule has 184 valence electrons. The molecule has 0 saturated heterocycles. The van der Waals surface area contributed by atoms with Gasteiger partial charge in [0.1, 0.15) is 17.6 Å². The third-order valence-electron chi connectivity index (χ3n) is 5.53. The number of halogens is 1. The topological polar surface area (TPSA) is 58.6 Å². The maximum absolute atomic E-state index is 13.5. The number of hydrogen-bond acceptors (Lipinski definition) is 3. The van der Waals surface area contributed by atoms with Crippen LogP contribution in [-0.2, 0) is 22.6 Å². The third kappa shape index (κ3) is 7.95. The summed E-state index contributed by atoms with van der Waals surface area (Å²) >= 11 is 0. The van der Waals surface area contributed by atoms with Gasteiger partial charge in [0.2, 0.25) is 5.91 Å². The Kier molecular flexibility index (Phi) is 9.01. The molecule has 35 heavy (non-hydrogen) atoms. The quantitative estimate of drug-likeness (QED) is 0.449. The molecule has 0 aliphatic carbocycles. The highest BCUT2D eigenvalue weighted by Gasteiger charge is 2.31. The van der Waals surface area contributed by atoms with Crippen LogP contribution in [0.25, 0.3) is 0 Å². The molecule has 1 N–H and O–H groups in total. The van der Waals surface area contributed by atoms with Crippen molar-refractivity contribution in [3.8, 4) is 5.75 Å². The third-order valence-corrected chi connectivity index (χ3v) is 5.53. The number of hydrogen-bond donors (Lipinski definition) is 1. The highest BCUT2D eigenvalue weighted by molar-refractivity contribution is 5.88. The zero-order chi connectivity index (χ0) is 25.4. The van der Waals surface area contributed by atoms with E-state index in [-0.39, 0.29) is 36.8 Å². The van der Waals surface area contributed by atoms with Crippen molar-refractivity contribution in [2.45, 2.75) is 52.7 Å². The van der Waals surface area contributed by atoms with Crippen LogP contribution in [0.4, 0.5) is 4.39 Å². The normalized spacial score (nSPS) is 11.7. The number of carbonyl (C=O) groups excluding carboxylic acids is 2. The maximum Gasteiger partial charge on any atom is 0.261 e. The van der Waals surface area contributed by atoms with Crippen LogP contribution in [-0.4, -0.2) is 35.4 Å². The average molecular weight is 477 g/mol. The minimum absolute atomic E-state index is 0.0879. The fourth-order valence-corrected chi connectivity index (χ4v) is 3.97. The molecule has 0 aliphatic rings. The highest BCUT2D eigenvalue weighted by atomic mass is 19.1. The summed E-state index contributed by atoms with van der Waals surface area (Å²) in [5.41, 5.74) is 3.73. The molecule has 6 heteroatoms. The Labute approximate surface area is 206 Å². The second-order valence-corrected chi connectivity index (χ2v) is 9.13. The minimum Gasteiger partial charge on any atom is -0.484 e. The van der Waals surface area contributed by atoms with Crippen molar-refractivity contribution in [2.24, 2.45) is 0 Å². The summed E-state index contributed by atoms with van der Waals surface area (Å²) in [6.45, 7) is 7.63. The van der Waals surface area contributed by atoms with Crippen LogP contribution >= 0.6 is 0 Å². The second kappa shape index (κ2) is 12.2. The Bertz CT molecular complexity index is 1110. The summed E-state index contributed by atoms with van der Waals surface area (Å²) in [7, 11) is 0. The van der Waals surface area contributed by atoms with Crippen LogP contribution in [0.3, 0.4) is 0 Å². The molecule has 0 aromatic heterocycles. The predicted octanol–water partition coefficient (Wildman–Crippen LogP) is 4.99. The van der Waals surface area contributed by atoms with Crippen molar-refractivity contribution in [3.05, 3.63) is 101 Å². The van der Waals surface area contributed by atoms with Gasteiger partial charge in [-0.15, -0.1) is 0 Å². The summed E-state index contributed by atoms with van der Waals surface area (Å²) in [6.07, 6.45) is 0.343. The summed E-state index contributed by atoms with van der Waals surface area (Å²) in [5, 5.41) is 2.95. The Morgan fingerprint density at radius 3 is 2.14 bits per heavy atom. The first-order valence-corrected chi connectivity index (χ1v) is 11.8. The largest absolute Gasteiger partial charge is 0.484 e. The van der Waals surface area contributed by atoms with Crippen LogP contribution in [0.15, 0.2) is 72.8 Å². The van der Waals surface area contributed by atoms with Gasteiger partial charge in [0, 0.05) is 19.0 Å². The molecule has 1 atom stereocenters. The van der Waals surface area contributed by atoms with Gasteiger partial charge in [-0.3, -0.25) is 9.59 Å². The van der Waals surface area contributed by atoms with E-state index in [9.17, 15) is 14.0 Å². The van der Waals surface area contributed by atoms with Crippen molar-refractivity contribution in [1.82, 2.24) is 10.2 Å². The average Bonchev–Trinajstić information content (AvgIpc) is 2.80. The van der Waals surface area contributed by atoms with Crippen molar-refractivity contribution >= 4 is 11.8 Å². The van der Waals surface area contributed by atoms with Gasteiger partial charge >= 0.3 is 0 Å². The number of amides is 2. The van der Waals surface area contributed by atoms with Gasteiger partial charge in [-0.25, -0.2) is 4.39 Å². The van der Waals surface area contributed by atoms with Gasteiger partial charge in [-0.05, 0) is 74.2 Å². The molecular weight excluding hydrogens is 443 g/mol. The first kappa shape index (κ1) is 25.9. The lowest BCUT2D eigenvalue weighted by molar-refractivity contribution is -0.143. The Hall–Kier alpha value is -3.67. The van der Waals surface area contributed by atoms with E-state index in [1.807, 2.05) is 76.2 Å². The van der Waals surface area contributed by atoms with Crippen molar-refractivity contribution < 1.29 is 18.7 Å². The van der Waals surface area contributed by atoms with Crippen LogP contribution < -0.4 is 10.1 Å². The molecule has 0 spiro atoms. The molecule has 0 heterocycles. The Morgan fingerprint density at radius 1 is 0.914 bits per heavy atom. The van der Waals surface area contributed by atoms with E-state index in [0.717, 1.165) is 22.3 Å². The van der Waals surface area contributed by atoms with Crippen molar-refractivity contribution in [2.75, 3.05) is 6.61 Å². The van der Waals surface area contributed by atoms with E-state index in [2.05, 4.69) is 5.32 Å². The van der Waals surface area contributed by atoms with E-state index >= 15 is 0 Å². The second-order valence-electron chi connectivity index (χ2n) is 9.13. The van der Waals surface area contributed by atoms with E-state index < -0.39 is 6.04 Å². The van der Waals surface area contributed by atoms with Crippen molar-refractivity contribution in [1.29, 1.82) is 0 Å². The summed E-state index contributed by atoms with van der Waals surface area (Å²) in [4.78, 5) is 28.4. The number of ether oxygens (including phenoxy) is 1. The molecule has 0 saturated carbocycles. The van der Waals surface area contributed by atoms with Crippen LogP contribution in [0.1, 0.15) is 36.1 Å². The van der Waals surface area contributed by atoms with Gasteiger partial charge in [-0.1, -0.05) is 48.5 Å². The standard InChI is InChI=1S/C29H33FN2O3/c1-20(2)31-29(34)27(17-23-8-6-5-7-9-23)32(18-24-10-12-25(30)13-11-24)28(33)19-35-26-15-21(3)14-22(4)16-26/h5-16,20,27H,17-19H2,1-4H3,(H,31,34). The van der Waals surface area contributed by atoms with Gasteiger partial charge in [0.25, 0.3) is 5.91 Å². The van der Waals surface area contributed by atoms with Gasteiger partial charge < -0.3 is 15.0 Å². The Morgan fingerprint density at radius 2 is 1.54 bits per heavy atom. The smallest absolute Gasteiger partial charge is 0.261 e. The lowest BCUT2D eigenvalue weighted by Crippen LogP contribution is -2.52. The lowest BCUT2D eigenvalue weighted by atomic mass is 10.0. The maximum atomic E-state index is 13.5. The summed E-state index contributed by atoms with van der Waals surface area (Å²) < 4.78 is 19.4. The molecule has 3 aromatic rings. The minimum atomic E-state index is -0.764. The van der Waals surface area contributed by atoms with E-state index in [1.54, 1.807) is 12.1 Å². The first-order chi connectivity index (χ1) is 16.7.